The van der Waals surface area contributed by atoms with Crippen molar-refractivity contribution in [1.82, 2.24) is 5.32 Å². The molecule has 0 radical (unpaired) electrons. The van der Waals surface area contributed by atoms with Crippen molar-refractivity contribution in [2.45, 2.75) is 38.9 Å². The van der Waals surface area contributed by atoms with Crippen molar-refractivity contribution in [1.29, 1.82) is 0 Å². The van der Waals surface area contributed by atoms with Gasteiger partial charge in [0.1, 0.15) is 6.10 Å². The minimum Gasteiger partial charge on any atom is -0.389 e. The van der Waals surface area contributed by atoms with Crippen molar-refractivity contribution < 1.29 is 14.6 Å². The Morgan fingerprint density at radius 2 is 1.93 bits per heavy atom. The third-order valence-corrected chi connectivity index (χ3v) is 4.71. The number of Topliss-reactive ketones (excluding diaryl/α,β-unsaturated/α-hetero) is 1. The molecule has 0 saturated carbocycles. The summed E-state index contributed by atoms with van der Waals surface area (Å²) in [5, 5.41) is 14.0. The van der Waals surface area contributed by atoms with E-state index in [9.17, 15) is 9.90 Å². The lowest BCUT2D eigenvalue weighted by molar-refractivity contribution is -0.00163. The molecule has 0 fully saturated rings. The Morgan fingerprint density at radius 3 is 2.57 bits per heavy atom. The number of carbonyl (C=O) groups excluding carboxylic acids is 1. The molecule has 0 amide bonds. The van der Waals surface area contributed by atoms with E-state index >= 15 is 0 Å². The number of aryl methyl sites for hydroxylation is 1. The molecule has 28 heavy (non-hydrogen) atoms. The van der Waals surface area contributed by atoms with Gasteiger partial charge in [-0.1, -0.05) is 61.0 Å². The lowest BCUT2D eigenvalue weighted by Gasteiger charge is -2.20. The minimum atomic E-state index is -0.659. The molecule has 0 spiro atoms. The van der Waals surface area contributed by atoms with Crippen LogP contribution in [-0.4, -0.2) is 42.8 Å². The van der Waals surface area contributed by atoms with Crippen LogP contribution in [0, 0.1) is 6.92 Å². The Bertz CT molecular complexity index is 725. The summed E-state index contributed by atoms with van der Waals surface area (Å²) in [4.78, 5) is 12.9. The van der Waals surface area contributed by atoms with Crippen LogP contribution in [0.3, 0.4) is 0 Å². The summed E-state index contributed by atoms with van der Waals surface area (Å²) in [6.07, 6.45) is 0.114. The molecule has 2 N–H and O–H groups in total. The second-order valence-electron chi connectivity index (χ2n) is 6.70. The van der Waals surface area contributed by atoms with Crippen LogP contribution in [-0.2, 0) is 11.2 Å². The number of aliphatic hydroxyl groups is 1. The fraction of sp³-hybridized carbons (Fsp3) is 0.409. The maximum absolute atomic E-state index is 12.9. The molecule has 4 nitrogen and oxygen atoms in total. The number of nitrogens with one attached hydrogen (secondary N) is 1. The second kappa shape index (κ2) is 12.9. The molecule has 0 aromatic heterocycles. The van der Waals surface area contributed by atoms with E-state index in [2.05, 4.69) is 12.2 Å². The maximum Gasteiger partial charge on any atom is 0.191 e. The molecule has 0 aliphatic heterocycles. The van der Waals surface area contributed by atoms with Crippen molar-refractivity contribution in [2.24, 2.45) is 0 Å². The zero-order valence-corrected chi connectivity index (χ0v) is 17.9. The van der Waals surface area contributed by atoms with E-state index < -0.39 is 12.2 Å². The maximum atomic E-state index is 12.9. The van der Waals surface area contributed by atoms with Gasteiger partial charge in [-0.3, -0.25) is 4.79 Å². The van der Waals surface area contributed by atoms with Crippen LogP contribution >= 0.6 is 24.0 Å². The minimum absolute atomic E-state index is 0. The molecule has 154 valence electrons. The molecular weight excluding hydrogens is 397 g/mol. The first kappa shape index (κ1) is 24.6. The summed E-state index contributed by atoms with van der Waals surface area (Å²) >= 11 is 6.10. The molecule has 2 aromatic carbocycles. The van der Waals surface area contributed by atoms with Gasteiger partial charge in [-0.15, -0.1) is 12.4 Å². The number of ether oxygens (including phenoxy) is 1. The average molecular weight is 426 g/mol. The molecule has 2 aromatic rings. The highest BCUT2D eigenvalue weighted by Gasteiger charge is 2.22. The zero-order chi connectivity index (χ0) is 19.6. The number of hydrogen-bond acceptors (Lipinski definition) is 4. The van der Waals surface area contributed by atoms with E-state index in [0.717, 1.165) is 24.1 Å². The lowest BCUT2D eigenvalue weighted by Crippen LogP contribution is -2.35. The first-order valence-electron chi connectivity index (χ1n) is 9.36. The largest absolute Gasteiger partial charge is 0.389 e. The number of rotatable bonds is 11. The molecule has 0 bridgehead atoms. The fourth-order valence-corrected chi connectivity index (χ4v) is 2.91. The van der Waals surface area contributed by atoms with Crippen molar-refractivity contribution in [3.63, 3.8) is 0 Å². The molecular formula is C22H29Cl2NO3. The molecule has 2 rings (SSSR count). The highest BCUT2D eigenvalue weighted by Crippen LogP contribution is 2.19. The standard InChI is InChI=1S/C22H28ClNO3.ClH/c1-3-11-24-14-19(25)15-27-21(22(26)18-7-5-4-6-8-18)13-17-9-10-20(23)16(2)12-17;/h4-10,12,19,21,24-25H,3,11,13-15H2,1-2H3;1H. The van der Waals surface area contributed by atoms with Gasteiger partial charge in [0.25, 0.3) is 0 Å². The third kappa shape index (κ3) is 7.90. The van der Waals surface area contributed by atoms with Crippen LogP contribution in [0.2, 0.25) is 5.02 Å². The van der Waals surface area contributed by atoms with Crippen LogP contribution < -0.4 is 5.32 Å². The summed E-state index contributed by atoms with van der Waals surface area (Å²) < 4.78 is 5.85. The summed E-state index contributed by atoms with van der Waals surface area (Å²) in [5.74, 6) is -0.0862. The Morgan fingerprint density at radius 1 is 1.21 bits per heavy atom. The van der Waals surface area contributed by atoms with E-state index in [1.54, 1.807) is 12.1 Å². The molecule has 6 heteroatoms. The highest BCUT2D eigenvalue weighted by atomic mass is 35.5. The van der Waals surface area contributed by atoms with E-state index in [1.165, 1.54) is 0 Å². The summed E-state index contributed by atoms with van der Waals surface area (Å²) in [5.41, 5.74) is 2.54. The predicted octanol–water partition coefficient (Wildman–Crippen LogP) is 4.24. The number of carbonyl (C=O) groups is 1. The van der Waals surface area contributed by atoms with Crippen molar-refractivity contribution in [2.75, 3.05) is 19.7 Å². The quantitative estimate of drug-likeness (QED) is 0.417. The lowest BCUT2D eigenvalue weighted by atomic mass is 9.99. The van der Waals surface area contributed by atoms with Gasteiger partial charge in [-0.2, -0.15) is 0 Å². The summed E-state index contributed by atoms with van der Waals surface area (Å²) in [6.45, 7) is 5.39. The van der Waals surface area contributed by atoms with Gasteiger partial charge in [0.05, 0.1) is 12.7 Å². The van der Waals surface area contributed by atoms with E-state index in [1.807, 2.05) is 43.3 Å². The molecule has 0 heterocycles. The highest BCUT2D eigenvalue weighted by molar-refractivity contribution is 6.31. The monoisotopic (exact) mass is 425 g/mol. The number of ketones is 1. The van der Waals surface area contributed by atoms with E-state index in [4.69, 9.17) is 16.3 Å². The van der Waals surface area contributed by atoms with Gasteiger partial charge < -0.3 is 15.2 Å². The zero-order valence-electron chi connectivity index (χ0n) is 16.4. The first-order chi connectivity index (χ1) is 13.0. The van der Waals surface area contributed by atoms with Crippen LogP contribution in [0.4, 0.5) is 0 Å². The van der Waals surface area contributed by atoms with Gasteiger partial charge >= 0.3 is 0 Å². The predicted molar refractivity (Wildman–Crippen MR) is 117 cm³/mol. The summed E-state index contributed by atoms with van der Waals surface area (Å²) in [6, 6.07) is 14.8. The van der Waals surface area contributed by atoms with Crippen molar-refractivity contribution >= 4 is 29.8 Å². The molecule has 2 unspecified atom stereocenters. The van der Waals surface area contributed by atoms with Crippen LogP contribution in [0.25, 0.3) is 0 Å². The molecule has 0 aliphatic rings. The number of halogens is 2. The topological polar surface area (TPSA) is 58.6 Å². The molecule has 0 aliphatic carbocycles. The Balaban J connectivity index is 0.00000392. The van der Waals surface area contributed by atoms with Gasteiger partial charge in [0, 0.05) is 23.6 Å². The number of benzene rings is 2. The molecule has 0 saturated heterocycles. The van der Waals surface area contributed by atoms with Crippen LogP contribution in [0.5, 0.6) is 0 Å². The average Bonchev–Trinajstić information content (AvgIpc) is 2.68. The summed E-state index contributed by atoms with van der Waals surface area (Å²) in [7, 11) is 0. The third-order valence-electron chi connectivity index (χ3n) is 4.29. The van der Waals surface area contributed by atoms with E-state index in [0.29, 0.717) is 23.6 Å². The van der Waals surface area contributed by atoms with Gasteiger partial charge in [0.2, 0.25) is 0 Å². The molecule has 2 atom stereocenters. The second-order valence-corrected chi connectivity index (χ2v) is 7.11. The fourth-order valence-electron chi connectivity index (χ4n) is 2.80. The normalized spacial score (nSPS) is 12.9. The van der Waals surface area contributed by atoms with Crippen LogP contribution in [0.1, 0.15) is 34.8 Å². The Kier molecular flexibility index (Phi) is 11.4. The van der Waals surface area contributed by atoms with Gasteiger partial charge in [0.15, 0.2) is 5.78 Å². The van der Waals surface area contributed by atoms with Crippen molar-refractivity contribution in [3.8, 4) is 0 Å². The number of aliphatic hydroxyl groups excluding tert-OH is 1. The smallest absolute Gasteiger partial charge is 0.191 e. The Labute approximate surface area is 178 Å². The van der Waals surface area contributed by atoms with Crippen molar-refractivity contribution in [3.05, 3.63) is 70.2 Å². The van der Waals surface area contributed by atoms with E-state index in [-0.39, 0.29) is 24.8 Å². The van der Waals surface area contributed by atoms with Gasteiger partial charge in [-0.05, 0) is 37.1 Å². The van der Waals surface area contributed by atoms with Gasteiger partial charge in [-0.25, -0.2) is 0 Å². The first-order valence-corrected chi connectivity index (χ1v) is 9.73. The Hall–Kier alpha value is -1.43. The number of hydrogen-bond donors (Lipinski definition) is 2. The SMILES string of the molecule is CCCNCC(O)COC(Cc1ccc(Cl)c(C)c1)C(=O)c1ccccc1.Cl. The van der Waals surface area contributed by atoms with Crippen LogP contribution in [0.15, 0.2) is 48.5 Å².